The largest absolute Gasteiger partial charge is 0.484 e. The lowest BCUT2D eigenvalue weighted by Crippen LogP contribution is -2.41. The van der Waals surface area contributed by atoms with Crippen LogP contribution in [0.3, 0.4) is 0 Å². The van der Waals surface area contributed by atoms with Crippen LogP contribution in [-0.2, 0) is 11.3 Å². The summed E-state index contributed by atoms with van der Waals surface area (Å²) in [7, 11) is 1.85. The van der Waals surface area contributed by atoms with Gasteiger partial charge >= 0.3 is 0 Å². The molecule has 1 spiro atoms. The molecule has 0 unspecified atom stereocenters. The Labute approximate surface area is 155 Å². The summed E-state index contributed by atoms with van der Waals surface area (Å²) in [5.41, 5.74) is 6.72. The van der Waals surface area contributed by atoms with Gasteiger partial charge in [0.05, 0.1) is 0 Å². The van der Waals surface area contributed by atoms with E-state index < -0.39 is 5.91 Å². The van der Waals surface area contributed by atoms with Crippen LogP contribution in [0.2, 0.25) is 0 Å². The first kappa shape index (κ1) is 18.5. The van der Waals surface area contributed by atoms with E-state index in [0.717, 1.165) is 24.6 Å². The van der Waals surface area contributed by atoms with Crippen molar-refractivity contribution in [2.75, 3.05) is 26.7 Å². The molecule has 1 aromatic rings. The predicted molar refractivity (Wildman–Crippen MR) is 103 cm³/mol. The van der Waals surface area contributed by atoms with Crippen LogP contribution >= 0.6 is 0 Å². The maximum atomic E-state index is 10.9. The average molecular weight is 358 g/mol. The number of likely N-dealkylation sites (tertiary alicyclic amines) is 1. The zero-order chi connectivity index (χ0) is 18.4. The van der Waals surface area contributed by atoms with Crippen molar-refractivity contribution >= 4 is 11.9 Å². The molecule has 142 valence electrons. The van der Waals surface area contributed by atoms with Gasteiger partial charge < -0.3 is 20.7 Å². The number of ether oxygens (including phenoxy) is 1. The topological polar surface area (TPSA) is 80.0 Å². The van der Waals surface area contributed by atoms with Gasteiger partial charge in [0.25, 0.3) is 5.91 Å². The van der Waals surface area contributed by atoms with E-state index in [4.69, 9.17) is 10.5 Å². The Bertz CT molecular complexity index is 653. The molecule has 3 N–H and O–H groups in total. The van der Waals surface area contributed by atoms with Crippen LogP contribution in [0.25, 0.3) is 0 Å². The summed E-state index contributed by atoms with van der Waals surface area (Å²) in [6.07, 6.45) is 8.14. The van der Waals surface area contributed by atoms with Crippen molar-refractivity contribution in [2.24, 2.45) is 16.1 Å². The predicted octanol–water partition coefficient (Wildman–Crippen LogP) is 2.28. The number of carbonyl (C=O) groups is 1. The molecule has 1 amide bonds. The third-order valence-electron chi connectivity index (χ3n) is 5.59. The summed E-state index contributed by atoms with van der Waals surface area (Å²) >= 11 is 0. The number of aliphatic imine (C=N–C) groups is 1. The van der Waals surface area contributed by atoms with Gasteiger partial charge in [0.1, 0.15) is 5.75 Å². The number of carbonyl (C=O) groups excluding carboxylic acids is 1. The second-order valence-corrected chi connectivity index (χ2v) is 7.54. The molecule has 0 aromatic heterocycles. The Morgan fingerprint density at radius 2 is 2.12 bits per heavy atom. The minimum atomic E-state index is -0.473. The van der Waals surface area contributed by atoms with E-state index in [-0.39, 0.29) is 6.61 Å². The smallest absolute Gasteiger partial charge is 0.255 e. The molecule has 2 fully saturated rings. The van der Waals surface area contributed by atoms with Gasteiger partial charge in [-0.15, -0.1) is 0 Å². The Morgan fingerprint density at radius 1 is 1.31 bits per heavy atom. The van der Waals surface area contributed by atoms with Crippen LogP contribution in [0.4, 0.5) is 0 Å². The Kier molecular flexibility index (Phi) is 6.01. The highest BCUT2D eigenvalue weighted by atomic mass is 16.5. The molecule has 6 nitrogen and oxygen atoms in total. The normalized spacial score (nSPS) is 19.6. The van der Waals surface area contributed by atoms with Gasteiger partial charge in [0.15, 0.2) is 12.6 Å². The van der Waals surface area contributed by atoms with Gasteiger partial charge in [-0.3, -0.25) is 9.79 Å². The molecule has 3 rings (SSSR count). The van der Waals surface area contributed by atoms with E-state index in [1.54, 1.807) is 0 Å². The number of rotatable bonds is 5. The first-order chi connectivity index (χ1) is 12.6. The molecule has 6 heteroatoms. The fraction of sp³-hybridized carbons (Fsp3) is 0.600. The monoisotopic (exact) mass is 358 g/mol. The van der Waals surface area contributed by atoms with Crippen LogP contribution < -0.4 is 15.8 Å². The standard InChI is InChI=1S/C20H30N4O2/c1-22-19(24-11-10-20(15-24)8-3-2-4-9-20)23-13-16-6-5-7-17(12-16)26-14-18(21)25/h5-7,12H,2-4,8-11,13-15H2,1H3,(H2,21,25)(H,22,23). The number of benzene rings is 1. The first-order valence-corrected chi connectivity index (χ1v) is 9.56. The Hall–Kier alpha value is -2.24. The minimum Gasteiger partial charge on any atom is -0.484 e. The number of nitrogens with two attached hydrogens (primary N) is 1. The number of hydrogen-bond acceptors (Lipinski definition) is 3. The zero-order valence-electron chi connectivity index (χ0n) is 15.7. The number of amides is 1. The van der Waals surface area contributed by atoms with E-state index in [1.807, 2.05) is 31.3 Å². The summed E-state index contributed by atoms with van der Waals surface area (Å²) in [4.78, 5) is 17.7. The molecule has 1 heterocycles. The van der Waals surface area contributed by atoms with Gasteiger partial charge in [0.2, 0.25) is 0 Å². The van der Waals surface area contributed by atoms with E-state index in [1.165, 1.54) is 38.5 Å². The van der Waals surface area contributed by atoms with E-state index in [2.05, 4.69) is 15.2 Å². The van der Waals surface area contributed by atoms with Gasteiger partial charge in [-0.1, -0.05) is 31.4 Å². The summed E-state index contributed by atoms with van der Waals surface area (Å²) in [5, 5.41) is 3.47. The fourth-order valence-corrected chi connectivity index (χ4v) is 4.24. The minimum absolute atomic E-state index is 0.103. The molecule has 26 heavy (non-hydrogen) atoms. The van der Waals surface area contributed by atoms with Crippen LogP contribution in [0, 0.1) is 5.41 Å². The van der Waals surface area contributed by atoms with Crippen molar-refractivity contribution in [2.45, 2.75) is 45.1 Å². The summed E-state index contributed by atoms with van der Waals surface area (Å²) in [5.74, 6) is 1.15. The lowest BCUT2D eigenvalue weighted by molar-refractivity contribution is -0.119. The summed E-state index contributed by atoms with van der Waals surface area (Å²) in [6.45, 7) is 2.77. The lowest BCUT2D eigenvalue weighted by atomic mass is 9.73. The van der Waals surface area contributed by atoms with Crippen LogP contribution in [-0.4, -0.2) is 43.5 Å². The number of primary amides is 1. The molecule has 1 saturated heterocycles. The van der Waals surface area contributed by atoms with E-state index in [0.29, 0.717) is 17.7 Å². The summed E-state index contributed by atoms with van der Waals surface area (Å²) in [6, 6.07) is 7.71. The third-order valence-corrected chi connectivity index (χ3v) is 5.59. The molecule has 0 radical (unpaired) electrons. The molecule has 1 aliphatic carbocycles. The van der Waals surface area contributed by atoms with Crippen molar-refractivity contribution in [1.29, 1.82) is 0 Å². The number of nitrogens with one attached hydrogen (secondary N) is 1. The molecule has 1 saturated carbocycles. The zero-order valence-corrected chi connectivity index (χ0v) is 15.7. The Balaban J connectivity index is 1.55. The average Bonchev–Trinajstić information content (AvgIpc) is 3.04. The molecule has 2 aliphatic rings. The van der Waals surface area contributed by atoms with Gasteiger partial charge in [-0.25, -0.2) is 0 Å². The highest BCUT2D eigenvalue weighted by Crippen LogP contribution is 2.43. The first-order valence-electron chi connectivity index (χ1n) is 9.56. The van der Waals surface area contributed by atoms with Crippen molar-refractivity contribution < 1.29 is 9.53 Å². The van der Waals surface area contributed by atoms with Crippen LogP contribution in [0.5, 0.6) is 5.75 Å². The number of guanidine groups is 1. The molecule has 0 bridgehead atoms. The fourth-order valence-electron chi connectivity index (χ4n) is 4.24. The SMILES string of the molecule is CN=C(NCc1cccc(OCC(N)=O)c1)N1CCC2(CCCCC2)C1. The second-order valence-electron chi connectivity index (χ2n) is 7.54. The quantitative estimate of drug-likeness (QED) is 0.625. The van der Waals surface area contributed by atoms with Crippen LogP contribution in [0.15, 0.2) is 29.3 Å². The Morgan fingerprint density at radius 3 is 2.85 bits per heavy atom. The van der Waals surface area contributed by atoms with Crippen molar-refractivity contribution in [3.8, 4) is 5.75 Å². The number of nitrogens with zero attached hydrogens (tertiary/aromatic N) is 2. The lowest BCUT2D eigenvalue weighted by Gasteiger charge is -2.33. The van der Waals surface area contributed by atoms with Crippen molar-refractivity contribution in [3.63, 3.8) is 0 Å². The second kappa shape index (κ2) is 8.43. The molecule has 1 aliphatic heterocycles. The van der Waals surface area contributed by atoms with Crippen molar-refractivity contribution in [1.82, 2.24) is 10.2 Å². The van der Waals surface area contributed by atoms with Gasteiger partial charge in [-0.2, -0.15) is 0 Å². The van der Waals surface area contributed by atoms with Crippen molar-refractivity contribution in [3.05, 3.63) is 29.8 Å². The summed E-state index contributed by atoms with van der Waals surface area (Å²) < 4.78 is 5.37. The molecular formula is C20H30N4O2. The van der Waals surface area contributed by atoms with Crippen LogP contribution in [0.1, 0.15) is 44.1 Å². The maximum Gasteiger partial charge on any atom is 0.255 e. The van der Waals surface area contributed by atoms with E-state index >= 15 is 0 Å². The highest BCUT2D eigenvalue weighted by Gasteiger charge is 2.39. The molecular weight excluding hydrogens is 328 g/mol. The molecule has 1 aromatic carbocycles. The van der Waals surface area contributed by atoms with Gasteiger partial charge in [0, 0.05) is 26.7 Å². The highest BCUT2D eigenvalue weighted by molar-refractivity contribution is 5.80. The third kappa shape index (κ3) is 4.68. The van der Waals surface area contributed by atoms with E-state index in [9.17, 15) is 4.79 Å². The molecule has 0 atom stereocenters. The van der Waals surface area contributed by atoms with Gasteiger partial charge in [-0.05, 0) is 42.4 Å². The maximum absolute atomic E-state index is 10.9. The number of hydrogen-bond donors (Lipinski definition) is 2.